The number of hydrogen-bond acceptors (Lipinski definition) is 9. The Morgan fingerprint density at radius 1 is 1.12 bits per heavy atom. The largest absolute Gasteiger partial charge is 0.455 e. The zero-order chi connectivity index (χ0) is 35.7. The number of likely N-dealkylation sites (tertiary alicyclic amines) is 1. The Labute approximate surface area is 303 Å². The fourth-order valence-corrected chi connectivity index (χ4v) is 8.78. The van der Waals surface area contributed by atoms with Crippen LogP contribution in [0, 0.1) is 11.8 Å². The molecule has 1 aromatic carbocycles. The molecule has 5 rings (SSSR count). The Bertz CT molecular complexity index is 1360. The van der Waals surface area contributed by atoms with Crippen molar-refractivity contribution in [2.75, 3.05) is 65.6 Å². The van der Waals surface area contributed by atoms with E-state index >= 15 is 0 Å². The average molecular weight is 760 g/mol. The molecule has 1 aromatic rings. The van der Waals surface area contributed by atoms with Crippen LogP contribution in [0.3, 0.4) is 0 Å². The van der Waals surface area contributed by atoms with Crippen molar-refractivity contribution in [3.63, 3.8) is 0 Å². The van der Waals surface area contributed by atoms with Crippen LogP contribution < -0.4 is 5.32 Å². The van der Waals surface area contributed by atoms with Crippen LogP contribution in [0.15, 0.2) is 55.6 Å². The number of allylic oxidation sites excluding steroid dienone is 1. The highest BCUT2D eigenvalue weighted by Crippen LogP contribution is 2.60. The second kappa shape index (κ2) is 17.9. The maximum Gasteiger partial charge on any atom is 0.313 e. The van der Waals surface area contributed by atoms with Crippen LogP contribution in [0.25, 0.3) is 0 Å². The average Bonchev–Trinajstić information content (AvgIpc) is 3.72. The minimum Gasteiger partial charge on any atom is -0.455 e. The highest BCUT2D eigenvalue weighted by molar-refractivity contribution is 9.09. The number of halogens is 1. The van der Waals surface area contributed by atoms with E-state index in [2.05, 4.69) is 39.3 Å². The SMILES string of the molecule is C=CCCC(=O)NC[C@H](OC(=O)[C@@H]1[C@H]2O[C@@]3(CC2Br)[C@H](C(=O)N(CC=C)CCN2CCOCC2)N(CCCCCO)C(=O)[C@@H]13)c1ccccc1. The van der Waals surface area contributed by atoms with E-state index in [4.69, 9.17) is 14.2 Å². The van der Waals surface area contributed by atoms with E-state index in [1.54, 1.807) is 22.0 Å². The van der Waals surface area contributed by atoms with Crippen molar-refractivity contribution in [2.24, 2.45) is 11.8 Å². The lowest BCUT2D eigenvalue weighted by Crippen LogP contribution is -2.57. The van der Waals surface area contributed by atoms with Gasteiger partial charge in [-0.2, -0.15) is 0 Å². The van der Waals surface area contributed by atoms with Gasteiger partial charge in [0.1, 0.15) is 17.7 Å². The summed E-state index contributed by atoms with van der Waals surface area (Å²) in [5.41, 5.74) is -0.525. The molecule has 2 bridgehead atoms. The fourth-order valence-electron chi connectivity index (χ4n) is 7.84. The predicted molar refractivity (Wildman–Crippen MR) is 190 cm³/mol. The number of alkyl halides is 1. The number of aliphatic hydroxyl groups is 1. The van der Waals surface area contributed by atoms with Gasteiger partial charge in [0, 0.05) is 57.1 Å². The summed E-state index contributed by atoms with van der Waals surface area (Å²) >= 11 is 3.75. The van der Waals surface area contributed by atoms with E-state index in [-0.39, 0.29) is 42.1 Å². The molecular weight excluding hydrogens is 708 g/mol. The Kier molecular flexibility index (Phi) is 13.7. The van der Waals surface area contributed by atoms with E-state index in [0.29, 0.717) is 77.1 Å². The third kappa shape index (κ3) is 8.33. The molecule has 50 heavy (non-hydrogen) atoms. The van der Waals surface area contributed by atoms with E-state index < -0.39 is 41.7 Å². The van der Waals surface area contributed by atoms with Gasteiger partial charge in [-0.05, 0) is 37.7 Å². The molecule has 274 valence electrons. The van der Waals surface area contributed by atoms with Crippen molar-refractivity contribution in [2.45, 2.75) is 67.2 Å². The summed E-state index contributed by atoms with van der Waals surface area (Å²) in [4.78, 5) is 61.3. The molecule has 12 nitrogen and oxygen atoms in total. The third-order valence-electron chi connectivity index (χ3n) is 10.3. The standard InChI is InChI=1S/C37H51BrN4O8/c1-3-5-14-29(44)39-25-28(26-12-8-6-9-13-26)49-36(47)30-31-34(45)42(16-10-7-11-21-43)33(37(31)24-27(38)32(30)50-37)35(46)41(15-4-2)18-17-40-19-22-48-23-20-40/h3-4,6,8-9,12-13,27-28,30-33,43H,1-2,5,7,10-11,14-25H2,(H,39,44)/t27?,28-,30-,31+,32-,33-,37+/m0/s1. The Morgan fingerprint density at radius 3 is 2.58 bits per heavy atom. The molecule has 0 aliphatic carbocycles. The zero-order valence-electron chi connectivity index (χ0n) is 28.8. The third-order valence-corrected chi connectivity index (χ3v) is 11.1. The minimum absolute atomic E-state index is 0.0405. The molecule has 2 N–H and O–H groups in total. The first-order valence-electron chi connectivity index (χ1n) is 17.8. The van der Waals surface area contributed by atoms with E-state index in [9.17, 15) is 24.3 Å². The van der Waals surface area contributed by atoms with Crippen LogP contribution in [0.4, 0.5) is 0 Å². The van der Waals surface area contributed by atoms with Gasteiger partial charge in [-0.15, -0.1) is 13.2 Å². The van der Waals surface area contributed by atoms with Gasteiger partial charge in [0.05, 0.1) is 37.7 Å². The molecule has 4 heterocycles. The number of fused-ring (bicyclic) bond motifs is 1. The van der Waals surface area contributed by atoms with Crippen LogP contribution in [0.2, 0.25) is 0 Å². The summed E-state index contributed by atoms with van der Waals surface area (Å²) in [6.45, 7) is 12.2. The first kappa shape index (κ1) is 38.1. The quantitative estimate of drug-likeness (QED) is 0.0945. The number of unbranched alkanes of at least 4 members (excludes halogenated alkanes) is 2. The molecule has 13 heteroatoms. The first-order valence-corrected chi connectivity index (χ1v) is 18.7. The highest BCUT2D eigenvalue weighted by Gasteiger charge is 2.77. The lowest BCUT2D eigenvalue weighted by Gasteiger charge is -2.38. The number of carbonyl (C=O) groups excluding carboxylic acids is 4. The molecule has 0 aromatic heterocycles. The number of nitrogens with one attached hydrogen (secondary N) is 1. The number of benzene rings is 1. The van der Waals surface area contributed by atoms with E-state index in [0.717, 1.165) is 13.1 Å². The summed E-state index contributed by atoms with van der Waals surface area (Å²) in [6.07, 6.45) is 4.91. The van der Waals surface area contributed by atoms with E-state index in [1.807, 2.05) is 30.3 Å². The van der Waals surface area contributed by atoms with Crippen LogP contribution in [-0.2, 0) is 33.4 Å². The highest BCUT2D eigenvalue weighted by atomic mass is 79.9. The molecule has 1 unspecified atom stereocenters. The van der Waals surface area contributed by atoms with Crippen LogP contribution >= 0.6 is 15.9 Å². The monoisotopic (exact) mass is 758 g/mol. The lowest BCUT2D eigenvalue weighted by molar-refractivity contribution is -0.160. The van der Waals surface area contributed by atoms with Gasteiger partial charge in [-0.3, -0.25) is 24.1 Å². The minimum atomic E-state index is -1.23. The number of rotatable bonds is 19. The summed E-state index contributed by atoms with van der Waals surface area (Å²) < 4.78 is 18.4. The van der Waals surface area contributed by atoms with Crippen molar-refractivity contribution in [3.05, 3.63) is 61.2 Å². The summed E-state index contributed by atoms with van der Waals surface area (Å²) in [5.74, 6) is -3.18. The number of esters is 1. The van der Waals surface area contributed by atoms with Crippen LogP contribution in [-0.4, -0.2) is 132 Å². The molecule has 4 saturated heterocycles. The molecule has 4 fully saturated rings. The topological polar surface area (TPSA) is 138 Å². The maximum absolute atomic E-state index is 14.7. The number of hydrogen-bond donors (Lipinski definition) is 2. The van der Waals surface area contributed by atoms with Crippen LogP contribution in [0.1, 0.15) is 50.2 Å². The van der Waals surface area contributed by atoms with Crippen molar-refractivity contribution in [1.82, 2.24) is 20.0 Å². The van der Waals surface area contributed by atoms with Gasteiger partial charge in [0.25, 0.3) is 0 Å². The van der Waals surface area contributed by atoms with Crippen molar-refractivity contribution >= 4 is 39.6 Å². The molecule has 4 aliphatic heterocycles. The van der Waals surface area contributed by atoms with Crippen molar-refractivity contribution in [3.8, 4) is 0 Å². The summed E-state index contributed by atoms with van der Waals surface area (Å²) in [6, 6.07) is 8.24. The molecule has 3 amide bonds. The number of amides is 3. The normalized spacial score (nSPS) is 27.8. The van der Waals surface area contributed by atoms with Gasteiger partial charge < -0.3 is 34.4 Å². The van der Waals surface area contributed by atoms with Gasteiger partial charge in [-0.25, -0.2) is 0 Å². The second-order valence-corrected chi connectivity index (χ2v) is 14.7. The van der Waals surface area contributed by atoms with Gasteiger partial charge in [0.15, 0.2) is 0 Å². The summed E-state index contributed by atoms with van der Waals surface area (Å²) in [7, 11) is 0. The molecule has 7 atom stereocenters. The molecule has 0 radical (unpaired) electrons. The Balaban J connectivity index is 1.41. The van der Waals surface area contributed by atoms with Crippen molar-refractivity contribution < 1.29 is 38.5 Å². The molecular formula is C37H51BrN4O8. The van der Waals surface area contributed by atoms with Gasteiger partial charge >= 0.3 is 5.97 Å². The lowest BCUT2D eigenvalue weighted by atomic mass is 9.70. The van der Waals surface area contributed by atoms with Gasteiger partial charge in [-0.1, -0.05) is 58.4 Å². The summed E-state index contributed by atoms with van der Waals surface area (Å²) in [5, 5.41) is 12.2. The van der Waals surface area contributed by atoms with Gasteiger partial charge in [0.2, 0.25) is 17.7 Å². The smallest absolute Gasteiger partial charge is 0.313 e. The molecule has 0 saturated carbocycles. The number of nitrogens with zero attached hydrogens (tertiary/aromatic N) is 3. The maximum atomic E-state index is 14.7. The van der Waals surface area contributed by atoms with Crippen LogP contribution in [0.5, 0.6) is 0 Å². The van der Waals surface area contributed by atoms with E-state index in [1.165, 1.54) is 0 Å². The molecule has 1 spiro atoms. The first-order chi connectivity index (χ1) is 24.2. The van der Waals surface area contributed by atoms with Crippen molar-refractivity contribution in [1.29, 1.82) is 0 Å². The number of carbonyl (C=O) groups is 4. The zero-order valence-corrected chi connectivity index (χ0v) is 30.3. The molecule has 4 aliphatic rings. The Hall–Kier alpha value is -3.10. The Morgan fingerprint density at radius 2 is 1.88 bits per heavy atom. The fraction of sp³-hybridized carbons (Fsp3) is 0.622. The number of morpholine rings is 1. The number of ether oxygens (including phenoxy) is 3. The number of aliphatic hydroxyl groups excluding tert-OH is 1. The predicted octanol–water partition coefficient (Wildman–Crippen LogP) is 2.61. The second-order valence-electron chi connectivity index (χ2n) is 13.5.